The fraction of sp³-hybridized carbons (Fsp3) is 0.333. The summed E-state index contributed by atoms with van der Waals surface area (Å²) in [6.45, 7) is 2.38. The van der Waals surface area contributed by atoms with Crippen LogP contribution in [0.4, 0.5) is 0 Å². The second-order valence-corrected chi connectivity index (χ2v) is 10.5. The maximum atomic E-state index is 12.7. The minimum Gasteiger partial charge on any atom is -0.224 e. The molecule has 23 heavy (non-hydrogen) atoms. The lowest BCUT2D eigenvalue weighted by Crippen LogP contribution is -2.35. The highest BCUT2D eigenvalue weighted by molar-refractivity contribution is 7.91. The Labute approximate surface area is 140 Å². The molecule has 0 amide bonds. The van der Waals surface area contributed by atoms with Gasteiger partial charge in [0.2, 0.25) is 10.0 Å². The second-order valence-electron chi connectivity index (χ2n) is 5.33. The van der Waals surface area contributed by atoms with Crippen molar-refractivity contribution in [3.63, 3.8) is 0 Å². The maximum Gasteiger partial charge on any atom is 0.243 e. The molecule has 2 aromatic rings. The molecule has 0 unspecified atom stereocenters. The van der Waals surface area contributed by atoms with E-state index in [1.165, 1.54) is 33.4 Å². The lowest BCUT2D eigenvalue weighted by molar-refractivity contribution is 0.394. The summed E-state index contributed by atoms with van der Waals surface area (Å²) >= 11 is 1.65. The molecule has 0 bridgehead atoms. The molecule has 5 nitrogen and oxygen atoms in total. The van der Waals surface area contributed by atoms with E-state index in [1.807, 2.05) is 11.4 Å². The normalized spacial score (nSPS) is 16.2. The highest BCUT2D eigenvalue weighted by atomic mass is 32.2. The zero-order valence-electron chi connectivity index (χ0n) is 12.6. The molecule has 124 valence electrons. The van der Waals surface area contributed by atoms with Gasteiger partial charge in [-0.2, -0.15) is 4.31 Å². The van der Waals surface area contributed by atoms with Crippen LogP contribution >= 0.6 is 11.3 Å². The molecule has 3 rings (SSSR count). The highest BCUT2D eigenvalue weighted by Gasteiger charge is 2.29. The quantitative estimate of drug-likeness (QED) is 0.827. The third-order valence-electron chi connectivity index (χ3n) is 3.97. The Kier molecular flexibility index (Phi) is 4.35. The van der Waals surface area contributed by atoms with E-state index in [0.29, 0.717) is 19.5 Å². The van der Waals surface area contributed by atoms with Gasteiger partial charge in [-0.05, 0) is 47.7 Å². The Morgan fingerprint density at radius 3 is 2.35 bits per heavy atom. The van der Waals surface area contributed by atoms with Crippen LogP contribution in [0.15, 0.2) is 45.5 Å². The summed E-state index contributed by atoms with van der Waals surface area (Å²) in [5, 5.41) is 1.98. The standard InChI is InChI=1S/C15H17NO4S3/c1-2-22(17,18)13-3-5-14(6-4-13)23(19,20)16-9-7-15-12(11-16)8-10-21-15/h3-6,8,10H,2,7,9,11H2,1H3. The van der Waals surface area contributed by atoms with Gasteiger partial charge in [0.15, 0.2) is 9.84 Å². The lowest BCUT2D eigenvalue weighted by Gasteiger charge is -2.26. The SMILES string of the molecule is CCS(=O)(=O)c1ccc(S(=O)(=O)N2CCc3sccc3C2)cc1. The van der Waals surface area contributed by atoms with Crippen molar-refractivity contribution in [1.29, 1.82) is 0 Å². The molecule has 1 aromatic carbocycles. The molecule has 1 aliphatic heterocycles. The molecule has 0 spiro atoms. The van der Waals surface area contributed by atoms with Gasteiger partial charge in [-0.1, -0.05) is 6.92 Å². The first kappa shape index (κ1) is 16.6. The number of nitrogens with zero attached hydrogens (tertiary/aromatic N) is 1. The largest absolute Gasteiger partial charge is 0.243 e. The van der Waals surface area contributed by atoms with E-state index in [2.05, 4.69) is 0 Å². The Morgan fingerprint density at radius 2 is 1.70 bits per heavy atom. The number of sulfonamides is 1. The first-order valence-corrected chi connectivity index (χ1v) is 11.2. The van der Waals surface area contributed by atoms with Gasteiger partial charge in [0.1, 0.15) is 0 Å². The monoisotopic (exact) mass is 371 g/mol. The summed E-state index contributed by atoms with van der Waals surface area (Å²) in [6.07, 6.45) is 0.717. The number of rotatable bonds is 4. The molecule has 0 saturated carbocycles. The van der Waals surface area contributed by atoms with E-state index >= 15 is 0 Å². The summed E-state index contributed by atoms with van der Waals surface area (Å²) in [4.78, 5) is 1.52. The Balaban J connectivity index is 1.89. The van der Waals surface area contributed by atoms with Crippen LogP contribution in [0.2, 0.25) is 0 Å². The Hall–Kier alpha value is -1.22. The third kappa shape index (κ3) is 3.08. The molecule has 0 aliphatic carbocycles. The second kappa shape index (κ2) is 6.01. The Morgan fingerprint density at radius 1 is 1.04 bits per heavy atom. The number of sulfone groups is 1. The number of thiophene rings is 1. The van der Waals surface area contributed by atoms with Crippen molar-refractivity contribution in [3.05, 3.63) is 46.2 Å². The predicted molar refractivity (Wildman–Crippen MR) is 89.8 cm³/mol. The molecule has 1 aromatic heterocycles. The van der Waals surface area contributed by atoms with Gasteiger partial charge in [0.05, 0.1) is 15.5 Å². The van der Waals surface area contributed by atoms with Crippen molar-refractivity contribution in [1.82, 2.24) is 4.31 Å². The van der Waals surface area contributed by atoms with Crippen molar-refractivity contribution in [2.75, 3.05) is 12.3 Å². The molecule has 0 radical (unpaired) electrons. The van der Waals surface area contributed by atoms with Gasteiger partial charge in [-0.15, -0.1) is 11.3 Å². The van der Waals surface area contributed by atoms with Gasteiger partial charge in [0, 0.05) is 18.0 Å². The summed E-state index contributed by atoms with van der Waals surface area (Å²) in [6, 6.07) is 7.44. The van der Waals surface area contributed by atoms with Gasteiger partial charge in [0.25, 0.3) is 0 Å². The molecule has 0 N–H and O–H groups in total. The summed E-state index contributed by atoms with van der Waals surface area (Å²) in [5.74, 6) is -0.00778. The van der Waals surface area contributed by atoms with E-state index in [-0.39, 0.29) is 15.5 Å². The fourth-order valence-electron chi connectivity index (χ4n) is 2.56. The van der Waals surface area contributed by atoms with E-state index in [0.717, 1.165) is 5.56 Å². The van der Waals surface area contributed by atoms with Crippen LogP contribution in [0.5, 0.6) is 0 Å². The van der Waals surface area contributed by atoms with E-state index in [9.17, 15) is 16.8 Å². The first-order chi connectivity index (χ1) is 10.8. The topological polar surface area (TPSA) is 71.5 Å². The van der Waals surface area contributed by atoms with Crippen LogP contribution in [0, 0.1) is 0 Å². The number of benzene rings is 1. The molecular weight excluding hydrogens is 354 g/mol. The van der Waals surface area contributed by atoms with Crippen molar-refractivity contribution in [2.45, 2.75) is 29.7 Å². The van der Waals surface area contributed by atoms with Crippen molar-refractivity contribution >= 4 is 31.2 Å². The van der Waals surface area contributed by atoms with Crippen LogP contribution in [-0.4, -0.2) is 33.4 Å². The minimum absolute atomic E-state index is 0.00778. The van der Waals surface area contributed by atoms with Crippen LogP contribution in [0.3, 0.4) is 0 Å². The molecule has 1 aliphatic rings. The number of hydrogen-bond acceptors (Lipinski definition) is 5. The minimum atomic E-state index is -3.61. The molecule has 0 fully saturated rings. The fourth-order valence-corrected chi connectivity index (χ4v) is 5.76. The number of hydrogen-bond donors (Lipinski definition) is 0. The maximum absolute atomic E-state index is 12.7. The van der Waals surface area contributed by atoms with E-state index in [1.54, 1.807) is 18.3 Å². The van der Waals surface area contributed by atoms with Crippen molar-refractivity contribution < 1.29 is 16.8 Å². The van der Waals surface area contributed by atoms with E-state index in [4.69, 9.17) is 0 Å². The molecule has 0 atom stereocenters. The molecular formula is C15H17NO4S3. The van der Waals surface area contributed by atoms with E-state index < -0.39 is 19.9 Å². The van der Waals surface area contributed by atoms with Crippen LogP contribution in [0.25, 0.3) is 0 Å². The molecule has 8 heteroatoms. The average Bonchev–Trinajstić information content (AvgIpc) is 3.02. The molecule has 0 saturated heterocycles. The van der Waals surface area contributed by atoms with Crippen LogP contribution < -0.4 is 0 Å². The summed E-state index contributed by atoms with van der Waals surface area (Å²) in [7, 11) is -6.93. The Bertz CT molecular complexity index is 912. The smallest absolute Gasteiger partial charge is 0.224 e. The van der Waals surface area contributed by atoms with Gasteiger partial charge < -0.3 is 0 Å². The highest BCUT2D eigenvalue weighted by Crippen LogP contribution is 2.28. The summed E-state index contributed by atoms with van der Waals surface area (Å²) in [5.41, 5.74) is 1.05. The third-order valence-corrected chi connectivity index (χ3v) is 8.61. The number of fused-ring (bicyclic) bond motifs is 1. The lowest BCUT2D eigenvalue weighted by atomic mass is 10.1. The van der Waals surface area contributed by atoms with Gasteiger partial charge in [-0.25, -0.2) is 16.8 Å². The summed E-state index contributed by atoms with van der Waals surface area (Å²) < 4.78 is 50.5. The zero-order valence-corrected chi connectivity index (χ0v) is 15.0. The van der Waals surface area contributed by atoms with Gasteiger partial charge >= 0.3 is 0 Å². The van der Waals surface area contributed by atoms with Crippen molar-refractivity contribution in [2.24, 2.45) is 0 Å². The predicted octanol–water partition coefficient (Wildman–Crippen LogP) is 2.29. The van der Waals surface area contributed by atoms with Gasteiger partial charge in [-0.3, -0.25) is 0 Å². The van der Waals surface area contributed by atoms with Crippen LogP contribution in [-0.2, 0) is 32.8 Å². The van der Waals surface area contributed by atoms with Crippen molar-refractivity contribution in [3.8, 4) is 0 Å². The van der Waals surface area contributed by atoms with Crippen LogP contribution in [0.1, 0.15) is 17.4 Å². The average molecular weight is 372 g/mol. The molecule has 2 heterocycles. The first-order valence-electron chi connectivity index (χ1n) is 7.23. The zero-order chi connectivity index (χ0) is 16.7.